The Bertz CT molecular complexity index is 524. The van der Waals surface area contributed by atoms with E-state index in [1.807, 2.05) is 6.07 Å². The summed E-state index contributed by atoms with van der Waals surface area (Å²) < 4.78 is 18.9. The molecule has 0 spiro atoms. The van der Waals surface area contributed by atoms with Crippen molar-refractivity contribution in [3.63, 3.8) is 0 Å². The van der Waals surface area contributed by atoms with Crippen LogP contribution in [0.5, 0.6) is 5.75 Å². The van der Waals surface area contributed by atoms with Crippen LogP contribution in [-0.4, -0.2) is 0 Å². The van der Waals surface area contributed by atoms with Crippen molar-refractivity contribution in [3.05, 3.63) is 51.5 Å². The van der Waals surface area contributed by atoms with Gasteiger partial charge in [-0.05, 0) is 36.2 Å². The van der Waals surface area contributed by atoms with Crippen molar-refractivity contribution in [1.82, 2.24) is 0 Å². The summed E-state index contributed by atoms with van der Waals surface area (Å²) >= 11 is 5.05. The largest absolute Gasteiger partial charge is 0.488 e. The molecule has 2 aromatic rings. The quantitative estimate of drug-likeness (QED) is 0.707. The van der Waals surface area contributed by atoms with Gasteiger partial charge in [0.05, 0.1) is 0 Å². The maximum atomic E-state index is 13.3. The molecule has 0 saturated carbocycles. The lowest BCUT2D eigenvalue weighted by atomic mass is 10.2. The van der Waals surface area contributed by atoms with E-state index in [9.17, 15) is 4.39 Å². The summed E-state index contributed by atoms with van der Waals surface area (Å²) in [7, 11) is 0. The van der Waals surface area contributed by atoms with E-state index in [4.69, 9.17) is 4.74 Å². The van der Waals surface area contributed by atoms with Gasteiger partial charge in [0.25, 0.3) is 0 Å². The Morgan fingerprint density at radius 1 is 1.22 bits per heavy atom. The number of hydrogen-bond donors (Lipinski definition) is 0. The number of halogens is 2. The van der Waals surface area contributed by atoms with Gasteiger partial charge in [0.1, 0.15) is 18.2 Å². The highest BCUT2D eigenvalue weighted by Gasteiger charge is 2.03. The first-order valence-electron chi connectivity index (χ1n) is 5.77. The first-order chi connectivity index (χ1) is 8.71. The van der Waals surface area contributed by atoms with Crippen LogP contribution >= 0.6 is 27.3 Å². The van der Waals surface area contributed by atoms with Gasteiger partial charge in [-0.1, -0.05) is 22.9 Å². The van der Waals surface area contributed by atoms with Crippen molar-refractivity contribution in [2.75, 3.05) is 0 Å². The van der Waals surface area contributed by atoms with Crippen LogP contribution in [0.1, 0.15) is 22.2 Å². The number of aryl methyl sites for hydroxylation is 1. The highest BCUT2D eigenvalue weighted by Crippen LogP contribution is 2.22. The molecule has 1 aromatic heterocycles. The Kier molecular flexibility index (Phi) is 4.78. The normalized spacial score (nSPS) is 10.6. The molecule has 0 N–H and O–H groups in total. The van der Waals surface area contributed by atoms with Crippen molar-refractivity contribution in [2.45, 2.75) is 25.3 Å². The summed E-state index contributed by atoms with van der Waals surface area (Å²) in [6.07, 6.45) is 1.04. The predicted octanol–water partition coefficient (Wildman–Crippen LogP) is 4.92. The van der Waals surface area contributed by atoms with E-state index in [0.29, 0.717) is 17.7 Å². The Balaban J connectivity index is 2.03. The lowest BCUT2D eigenvalue weighted by Crippen LogP contribution is -1.94. The van der Waals surface area contributed by atoms with Gasteiger partial charge >= 0.3 is 0 Å². The van der Waals surface area contributed by atoms with Crippen molar-refractivity contribution in [1.29, 1.82) is 0 Å². The highest BCUT2D eigenvalue weighted by atomic mass is 79.9. The molecule has 0 radical (unpaired) electrons. The zero-order valence-electron chi connectivity index (χ0n) is 10.1. The summed E-state index contributed by atoms with van der Waals surface area (Å²) in [6.45, 7) is 2.63. The van der Waals surface area contributed by atoms with Crippen LogP contribution in [0, 0.1) is 5.82 Å². The number of rotatable bonds is 5. The fraction of sp³-hybridized carbons (Fsp3) is 0.286. The second-order valence-corrected chi connectivity index (χ2v) is 5.75. The molecule has 0 aliphatic rings. The van der Waals surface area contributed by atoms with Gasteiger partial charge in [-0.15, -0.1) is 11.3 Å². The molecule has 0 aliphatic heterocycles. The molecule has 1 aromatic carbocycles. The number of thiophene rings is 1. The second-order valence-electron chi connectivity index (χ2n) is 3.94. The van der Waals surface area contributed by atoms with Crippen LogP contribution in [0.25, 0.3) is 0 Å². The van der Waals surface area contributed by atoms with Gasteiger partial charge in [-0.3, -0.25) is 0 Å². The first kappa shape index (κ1) is 13.6. The van der Waals surface area contributed by atoms with E-state index in [0.717, 1.165) is 16.9 Å². The molecule has 96 valence electrons. The highest BCUT2D eigenvalue weighted by molar-refractivity contribution is 9.08. The molecular weight excluding hydrogens is 315 g/mol. The van der Waals surface area contributed by atoms with Crippen LogP contribution in [0.3, 0.4) is 0 Å². The molecule has 0 fully saturated rings. The first-order valence-corrected chi connectivity index (χ1v) is 7.71. The molecule has 0 saturated heterocycles. The minimum atomic E-state index is -0.262. The summed E-state index contributed by atoms with van der Waals surface area (Å²) in [5.41, 5.74) is 0.880. The molecule has 18 heavy (non-hydrogen) atoms. The maximum absolute atomic E-state index is 13.3. The van der Waals surface area contributed by atoms with Crippen LogP contribution < -0.4 is 4.74 Å². The Morgan fingerprint density at radius 2 is 2.00 bits per heavy atom. The minimum absolute atomic E-state index is 0.262. The van der Waals surface area contributed by atoms with Crippen molar-refractivity contribution < 1.29 is 9.13 Å². The molecule has 0 atom stereocenters. The van der Waals surface area contributed by atoms with E-state index in [-0.39, 0.29) is 5.82 Å². The molecule has 1 heterocycles. The van der Waals surface area contributed by atoms with E-state index >= 15 is 0 Å². The maximum Gasteiger partial charge on any atom is 0.127 e. The van der Waals surface area contributed by atoms with Gasteiger partial charge < -0.3 is 4.74 Å². The molecule has 2 rings (SSSR count). The third kappa shape index (κ3) is 3.56. The lowest BCUT2D eigenvalue weighted by molar-refractivity contribution is 0.308. The standard InChI is InChI=1S/C14H14BrFOS/c1-2-13-3-4-14(18-13)9-17-12-6-10(8-15)5-11(16)7-12/h3-7H,2,8-9H2,1H3. The van der Waals surface area contributed by atoms with E-state index in [2.05, 4.69) is 35.0 Å². The summed E-state index contributed by atoms with van der Waals surface area (Å²) in [5, 5.41) is 0.625. The minimum Gasteiger partial charge on any atom is -0.488 e. The molecule has 0 bridgehead atoms. The van der Waals surface area contributed by atoms with E-state index < -0.39 is 0 Å². The Hall–Kier alpha value is -0.870. The van der Waals surface area contributed by atoms with Crippen LogP contribution in [-0.2, 0) is 18.4 Å². The third-order valence-corrected chi connectivity index (χ3v) is 4.38. The van der Waals surface area contributed by atoms with Gasteiger partial charge in [-0.25, -0.2) is 4.39 Å². The molecule has 0 amide bonds. The number of ether oxygens (including phenoxy) is 1. The lowest BCUT2D eigenvalue weighted by Gasteiger charge is -2.06. The topological polar surface area (TPSA) is 9.23 Å². The average molecular weight is 329 g/mol. The zero-order valence-corrected chi connectivity index (χ0v) is 12.5. The monoisotopic (exact) mass is 328 g/mol. The van der Waals surface area contributed by atoms with Gasteiger partial charge in [0.15, 0.2) is 0 Å². The van der Waals surface area contributed by atoms with Gasteiger partial charge in [0, 0.05) is 21.2 Å². The van der Waals surface area contributed by atoms with Crippen LogP contribution in [0.4, 0.5) is 4.39 Å². The Labute approximate surface area is 119 Å². The summed E-state index contributed by atoms with van der Waals surface area (Å²) in [4.78, 5) is 2.51. The van der Waals surface area contributed by atoms with Crippen molar-refractivity contribution in [3.8, 4) is 5.75 Å². The molecule has 4 heteroatoms. The van der Waals surface area contributed by atoms with Crippen molar-refractivity contribution >= 4 is 27.3 Å². The summed E-state index contributed by atoms with van der Waals surface area (Å²) in [5.74, 6) is 0.318. The molecule has 0 unspecified atom stereocenters. The van der Waals surface area contributed by atoms with Gasteiger partial charge in [-0.2, -0.15) is 0 Å². The average Bonchev–Trinajstić information content (AvgIpc) is 2.83. The van der Waals surface area contributed by atoms with E-state index in [1.165, 1.54) is 17.0 Å². The predicted molar refractivity (Wildman–Crippen MR) is 77.1 cm³/mol. The van der Waals surface area contributed by atoms with Crippen LogP contribution in [0.2, 0.25) is 0 Å². The van der Waals surface area contributed by atoms with Crippen LogP contribution in [0.15, 0.2) is 30.3 Å². The SMILES string of the molecule is CCc1ccc(COc2cc(F)cc(CBr)c2)s1. The fourth-order valence-corrected chi connectivity index (χ4v) is 2.82. The number of alkyl halides is 1. The fourth-order valence-electron chi connectivity index (χ4n) is 1.63. The molecule has 1 nitrogen and oxygen atoms in total. The number of benzene rings is 1. The Morgan fingerprint density at radius 3 is 2.67 bits per heavy atom. The molecule has 0 aliphatic carbocycles. The third-order valence-electron chi connectivity index (χ3n) is 2.53. The second kappa shape index (κ2) is 6.34. The van der Waals surface area contributed by atoms with E-state index in [1.54, 1.807) is 11.3 Å². The van der Waals surface area contributed by atoms with Crippen molar-refractivity contribution in [2.24, 2.45) is 0 Å². The smallest absolute Gasteiger partial charge is 0.127 e. The zero-order chi connectivity index (χ0) is 13.0. The molecular formula is C14H14BrFOS. The van der Waals surface area contributed by atoms with Gasteiger partial charge in [0.2, 0.25) is 0 Å². The number of hydrogen-bond acceptors (Lipinski definition) is 2. The summed E-state index contributed by atoms with van der Waals surface area (Å²) in [6, 6.07) is 8.95.